The molecule has 2 fully saturated rings. The number of nitrogens with one attached hydrogen (secondary N) is 1. The minimum Gasteiger partial charge on any atom is -0.445 e. The predicted octanol–water partition coefficient (Wildman–Crippen LogP) is 6.29. The zero-order chi connectivity index (χ0) is 31.9. The van der Waals surface area contributed by atoms with Crippen LogP contribution in [0.5, 0.6) is 0 Å². The number of benzene rings is 3. The van der Waals surface area contributed by atoms with Crippen LogP contribution in [-0.4, -0.2) is 49.9 Å². The van der Waals surface area contributed by atoms with Gasteiger partial charge in [-0.3, -0.25) is 9.52 Å². The SMILES string of the molecule is O=C(OCc1ccccc1)N1CCC2(CC1)CC([C@H]1CCN(c3ccc(S(=O)(=O)Nc4nccs4)cc3)C1=O)c1ccc(F)cc12. The van der Waals surface area contributed by atoms with Gasteiger partial charge in [0.05, 0.1) is 4.90 Å². The first-order valence-electron chi connectivity index (χ1n) is 15.3. The first kappa shape index (κ1) is 30.4. The van der Waals surface area contributed by atoms with Crippen molar-refractivity contribution < 1.29 is 27.1 Å². The number of ether oxygens (including phenoxy) is 1. The number of piperidine rings is 1. The lowest BCUT2D eigenvalue weighted by Crippen LogP contribution is -2.44. The summed E-state index contributed by atoms with van der Waals surface area (Å²) in [6, 6.07) is 20.8. The highest BCUT2D eigenvalue weighted by Gasteiger charge is 2.51. The molecule has 9 nitrogen and oxygen atoms in total. The summed E-state index contributed by atoms with van der Waals surface area (Å²) in [7, 11) is -3.81. The van der Waals surface area contributed by atoms with Gasteiger partial charge in [-0.25, -0.2) is 22.6 Å². The predicted molar refractivity (Wildman–Crippen MR) is 173 cm³/mol. The monoisotopic (exact) mass is 660 g/mol. The summed E-state index contributed by atoms with van der Waals surface area (Å²) in [4.78, 5) is 34.3. The van der Waals surface area contributed by atoms with Gasteiger partial charge in [0, 0.05) is 42.8 Å². The van der Waals surface area contributed by atoms with Gasteiger partial charge in [0.2, 0.25) is 5.91 Å². The summed E-state index contributed by atoms with van der Waals surface area (Å²) in [6.45, 7) is 1.70. The zero-order valence-electron chi connectivity index (χ0n) is 25.0. The molecule has 2 atom stereocenters. The second-order valence-corrected chi connectivity index (χ2v) is 14.7. The van der Waals surface area contributed by atoms with Crippen molar-refractivity contribution in [1.82, 2.24) is 9.88 Å². The largest absolute Gasteiger partial charge is 0.445 e. The van der Waals surface area contributed by atoms with E-state index < -0.39 is 10.0 Å². The smallest absolute Gasteiger partial charge is 0.410 e. The Hall–Kier alpha value is -4.29. The summed E-state index contributed by atoms with van der Waals surface area (Å²) >= 11 is 1.19. The molecule has 0 saturated carbocycles. The molecule has 1 unspecified atom stereocenters. The molecule has 12 heteroatoms. The third-order valence-electron chi connectivity index (χ3n) is 9.63. The maximum Gasteiger partial charge on any atom is 0.410 e. The number of rotatable bonds is 7. The number of fused-ring (bicyclic) bond motifs is 2. The molecule has 3 aliphatic rings. The van der Waals surface area contributed by atoms with Gasteiger partial charge in [0.15, 0.2) is 5.13 Å². The van der Waals surface area contributed by atoms with Gasteiger partial charge < -0.3 is 14.5 Å². The highest BCUT2D eigenvalue weighted by molar-refractivity contribution is 7.93. The average Bonchev–Trinajstić information content (AvgIpc) is 3.79. The summed E-state index contributed by atoms with van der Waals surface area (Å²) in [5.41, 5.74) is 3.19. The zero-order valence-corrected chi connectivity index (χ0v) is 26.6. The van der Waals surface area contributed by atoms with E-state index >= 15 is 0 Å². The van der Waals surface area contributed by atoms with Crippen molar-refractivity contribution in [3.8, 4) is 0 Å². The van der Waals surface area contributed by atoms with Crippen LogP contribution < -0.4 is 9.62 Å². The Balaban J connectivity index is 1.04. The van der Waals surface area contributed by atoms with Crippen LogP contribution in [0.1, 0.15) is 48.3 Å². The van der Waals surface area contributed by atoms with Crippen LogP contribution >= 0.6 is 11.3 Å². The standard InChI is InChI=1S/C34H33FN4O5S2/c35-24-6-11-27-29(21-34(30(27)20-24)13-17-38(18-14-34)33(41)44-22-23-4-2-1-3-5-23)28-12-16-39(31(28)40)25-7-9-26(10-8-25)46(42,43)37-32-36-15-19-45-32/h1-11,15,19-20,28-29H,12-14,16-18,21-22H2,(H,36,37)/t28-,29?/m1/s1. The number of likely N-dealkylation sites (tertiary alicyclic amines) is 1. The summed E-state index contributed by atoms with van der Waals surface area (Å²) in [5, 5.41) is 1.97. The molecule has 2 saturated heterocycles. The molecule has 0 radical (unpaired) electrons. The van der Waals surface area contributed by atoms with E-state index in [1.807, 2.05) is 36.4 Å². The van der Waals surface area contributed by atoms with Crippen molar-refractivity contribution in [3.63, 3.8) is 0 Å². The molecular weight excluding hydrogens is 628 g/mol. The third-order valence-corrected chi connectivity index (χ3v) is 11.8. The lowest BCUT2D eigenvalue weighted by Gasteiger charge is -2.40. The van der Waals surface area contributed by atoms with E-state index in [1.165, 1.54) is 35.7 Å². The molecular formula is C34H33FN4O5S2. The number of amides is 2. The molecule has 4 aromatic rings. The van der Waals surface area contributed by atoms with E-state index in [4.69, 9.17) is 4.74 Å². The first-order chi connectivity index (χ1) is 22.2. The van der Waals surface area contributed by atoms with Gasteiger partial charge in [-0.05, 0) is 90.1 Å². The second-order valence-electron chi connectivity index (χ2n) is 12.2. The van der Waals surface area contributed by atoms with Crippen molar-refractivity contribution >= 4 is 44.2 Å². The van der Waals surface area contributed by atoms with Gasteiger partial charge in [-0.2, -0.15) is 0 Å². The number of anilines is 2. The normalized spacial score (nSPS) is 20.6. The minimum atomic E-state index is -3.81. The minimum absolute atomic E-state index is 0.0178. The molecule has 1 aromatic heterocycles. The summed E-state index contributed by atoms with van der Waals surface area (Å²) in [5.74, 6) is -0.683. The van der Waals surface area contributed by atoms with Crippen molar-refractivity contribution in [2.24, 2.45) is 5.92 Å². The molecule has 238 valence electrons. The molecule has 1 aliphatic carbocycles. The van der Waals surface area contributed by atoms with Gasteiger partial charge in [0.1, 0.15) is 12.4 Å². The molecule has 1 spiro atoms. The molecule has 2 aliphatic heterocycles. The second kappa shape index (κ2) is 12.1. The Morgan fingerprint density at radius 1 is 1.02 bits per heavy atom. The number of hydrogen-bond acceptors (Lipinski definition) is 7. The Kier molecular flexibility index (Phi) is 8.02. The van der Waals surface area contributed by atoms with E-state index in [-0.39, 0.29) is 51.7 Å². The van der Waals surface area contributed by atoms with Crippen LogP contribution in [0.15, 0.2) is 89.3 Å². The average molecular weight is 661 g/mol. The number of thiazole rings is 1. The molecule has 2 amide bonds. The fourth-order valence-electron chi connectivity index (χ4n) is 7.30. The molecule has 46 heavy (non-hydrogen) atoms. The topological polar surface area (TPSA) is 109 Å². The van der Waals surface area contributed by atoms with Crippen LogP contribution in [0.2, 0.25) is 0 Å². The maximum absolute atomic E-state index is 14.6. The molecule has 3 aromatic carbocycles. The van der Waals surface area contributed by atoms with Gasteiger partial charge in [-0.1, -0.05) is 36.4 Å². The van der Waals surface area contributed by atoms with Crippen LogP contribution in [-0.2, 0) is 31.6 Å². The van der Waals surface area contributed by atoms with E-state index in [9.17, 15) is 22.4 Å². The van der Waals surface area contributed by atoms with Crippen molar-refractivity contribution in [3.05, 3.63) is 107 Å². The lowest BCUT2D eigenvalue weighted by atomic mass is 9.72. The fraction of sp³-hybridized carbons (Fsp3) is 0.324. The Morgan fingerprint density at radius 2 is 1.78 bits per heavy atom. The van der Waals surface area contributed by atoms with Crippen molar-refractivity contribution in [1.29, 1.82) is 0 Å². The molecule has 3 heterocycles. The van der Waals surface area contributed by atoms with E-state index in [2.05, 4.69) is 9.71 Å². The lowest BCUT2D eigenvalue weighted by molar-refractivity contribution is -0.121. The van der Waals surface area contributed by atoms with Crippen LogP contribution in [0.3, 0.4) is 0 Å². The number of aromatic nitrogens is 1. The number of sulfonamides is 1. The van der Waals surface area contributed by atoms with E-state index in [0.29, 0.717) is 51.0 Å². The fourth-order valence-corrected chi connectivity index (χ4v) is 9.09. The maximum atomic E-state index is 14.6. The quantitative estimate of drug-likeness (QED) is 0.250. The van der Waals surface area contributed by atoms with Crippen LogP contribution in [0, 0.1) is 11.7 Å². The number of halogens is 1. The van der Waals surface area contributed by atoms with E-state index in [1.54, 1.807) is 33.4 Å². The highest BCUT2D eigenvalue weighted by Crippen LogP contribution is 2.55. The molecule has 1 N–H and O–H groups in total. The molecule has 0 bridgehead atoms. The number of carbonyl (C=O) groups excluding carboxylic acids is 2. The Labute approximate surface area is 271 Å². The van der Waals surface area contributed by atoms with E-state index in [0.717, 1.165) is 16.7 Å². The van der Waals surface area contributed by atoms with Crippen molar-refractivity contribution in [2.45, 2.75) is 48.5 Å². The highest BCUT2D eigenvalue weighted by atomic mass is 32.2. The molecule has 7 rings (SSSR count). The van der Waals surface area contributed by atoms with Crippen LogP contribution in [0.4, 0.5) is 20.0 Å². The summed E-state index contributed by atoms with van der Waals surface area (Å²) in [6.07, 6.45) is 3.84. The summed E-state index contributed by atoms with van der Waals surface area (Å²) < 4.78 is 48.2. The number of hydrogen-bond donors (Lipinski definition) is 1. The Bertz CT molecular complexity index is 1840. The number of nitrogens with zero attached hydrogens (tertiary/aromatic N) is 3. The first-order valence-corrected chi connectivity index (χ1v) is 17.7. The van der Waals surface area contributed by atoms with Gasteiger partial charge >= 0.3 is 6.09 Å². The van der Waals surface area contributed by atoms with Crippen LogP contribution in [0.25, 0.3) is 0 Å². The van der Waals surface area contributed by atoms with Crippen molar-refractivity contribution in [2.75, 3.05) is 29.3 Å². The van der Waals surface area contributed by atoms with Gasteiger partial charge in [0.25, 0.3) is 10.0 Å². The Morgan fingerprint density at radius 3 is 2.50 bits per heavy atom. The number of carbonyl (C=O) groups is 2. The van der Waals surface area contributed by atoms with Gasteiger partial charge in [-0.15, -0.1) is 11.3 Å². The third kappa shape index (κ3) is 5.75.